The molecule has 194 valence electrons. The molecule has 0 amide bonds. The number of imidazole rings is 1. The molecule has 0 atom stereocenters. The molecule has 10 nitrogen and oxygen atoms in total. The predicted molar refractivity (Wildman–Crippen MR) is 129 cm³/mol. The first-order chi connectivity index (χ1) is 17.4. The monoisotopic (exact) mass is 535 g/mol. The van der Waals surface area contributed by atoms with Gasteiger partial charge in [0.25, 0.3) is 0 Å². The topological polar surface area (TPSA) is 127 Å². The second-order valence-corrected chi connectivity index (χ2v) is 9.19. The van der Waals surface area contributed by atoms with Crippen LogP contribution in [0.25, 0.3) is 5.69 Å². The molecule has 37 heavy (non-hydrogen) atoms. The van der Waals surface area contributed by atoms with E-state index in [1.54, 1.807) is 36.4 Å². The fourth-order valence-electron chi connectivity index (χ4n) is 3.49. The van der Waals surface area contributed by atoms with Gasteiger partial charge in [-0.1, -0.05) is 18.2 Å². The molecule has 0 radical (unpaired) electrons. The Morgan fingerprint density at radius 3 is 2.35 bits per heavy atom. The molecular weight excluding hydrogens is 515 g/mol. The smallest absolute Gasteiger partial charge is 0.493 e. The van der Waals surface area contributed by atoms with Gasteiger partial charge in [-0.3, -0.25) is 14.0 Å². The first kappa shape index (κ1) is 25.6. The van der Waals surface area contributed by atoms with Gasteiger partial charge in [0.1, 0.15) is 11.6 Å². The van der Waals surface area contributed by atoms with Crippen molar-refractivity contribution in [1.82, 2.24) is 14.1 Å². The molecule has 2 aromatic heterocycles. The third-order valence-corrected chi connectivity index (χ3v) is 6.10. The number of nitrogens with zero attached hydrogens (tertiary/aromatic N) is 3. The van der Waals surface area contributed by atoms with Crippen LogP contribution in [0.2, 0.25) is 0 Å². The molecule has 0 aliphatic carbocycles. The molecular formula is C23H20F3N5O5S. The van der Waals surface area contributed by atoms with Crippen LogP contribution in [-0.4, -0.2) is 34.0 Å². The number of ether oxygens (including phenoxy) is 1. The summed E-state index contributed by atoms with van der Waals surface area (Å²) in [4.78, 5) is 17.1. The number of para-hydroxylation sites is 1. The number of aromatic hydroxyl groups is 1. The van der Waals surface area contributed by atoms with E-state index in [0.29, 0.717) is 11.3 Å². The second kappa shape index (κ2) is 9.89. The van der Waals surface area contributed by atoms with Crippen molar-refractivity contribution in [3.63, 3.8) is 0 Å². The van der Waals surface area contributed by atoms with Gasteiger partial charge in [-0.25, -0.2) is 14.3 Å². The van der Waals surface area contributed by atoms with Crippen LogP contribution in [0.3, 0.4) is 0 Å². The fourth-order valence-corrected chi connectivity index (χ4v) is 4.37. The first-order valence-electron chi connectivity index (χ1n) is 10.6. The Bertz CT molecular complexity index is 1570. The summed E-state index contributed by atoms with van der Waals surface area (Å²) in [6, 6.07) is 15.7. The third kappa shape index (κ3) is 6.22. The molecule has 2 heterocycles. The van der Waals surface area contributed by atoms with E-state index in [1.165, 1.54) is 35.9 Å². The summed E-state index contributed by atoms with van der Waals surface area (Å²) < 4.78 is 72.7. The number of benzene rings is 2. The largest absolute Gasteiger partial charge is 0.573 e. The zero-order chi connectivity index (χ0) is 26.8. The molecule has 4 rings (SSSR count). The number of aromatic nitrogens is 3. The molecule has 0 bridgehead atoms. The van der Waals surface area contributed by atoms with Crippen LogP contribution in [0.15, 0.2) is 77.7 Å². The van der Waals surface area contributed by atoms with Crippen molar-refractivity contribution in [2.45, 2.75) is 19.8 Å². The molecule has 0 saturated carbocycles. The molecule has 0 aliphatic heterocycles. The average Bonchev–Trinajstić information content (AvgIpc) is 3.02. The zero-order valence-corrected chi connectivity index (χ0v) is 19.9. The minimum atomic E-state index is -4.87. The molecule has 0 spiro atoms. The van der Waals surface area contributed by atoms with Gasteiger partial charge in [0.2, 0.25) is 5.88 Å². The van der Waals surface area contributed by atoms with E-state index in [0.717, 1.165) is 16.7 Å². The molecule has 0 unspecified atom stereocenters. The highest BCUT2D eigenvalue weighted by Gasteiger charge is 2.31. The Morgan fingerprint density at radius 1 is 1.03 bits per heavy atom. The molecule has 2 aromatic carbocycles. The number of nitrogens with one attached hydrogen (secondary N) is 2. The van der Waals surface area contributed by atoms with Crippen molar-refractivity contribution >= 4 is 21.7 Å². The van der Waals surface area contributed by atoms with E-state index < -0.39 is 33.9 Å². The van der Waals surface area contributed by atoms with Crippen molar-refractivity contribution in [3.05, 3.63) is 94.7 Å². The van der Waals surface area contributed by atoms with E-state index in [1.807, 2.05) is 0 Å². The predicted octanol–water partition coefficient (Wildman–Crippen LogP) is 3.76. The molecule has 0 aliphatic rings. The van der Waals surface area contributed by atoms with Crippen LogP contribution in [-0.2, 0) is 16.8 Å². The Kier molecular flexibility index (Phi) is 6.85. The first-order valence-corrected chi connectivity index (χ1v) is 12.1. The number of rotatable bonds is 8. The van der Waals surface area contributed by atoms with Crippen LogP contribution in [0.4, 0.5) is 24.7 Å². The van der Waals surface area contributed by atoms with Crippen LogP contribution >= 0.6 is 0 Å². The number of halogens is 3. The average molecular weight is 536 g/mol. The van der Waals surface area contributed by atoms with Crippen molar-refractivity contribution < 1.29 is 31.4 Å². The summed E-state index contributed by atoms with van der Waals surface area (Å²) in [5, 5.41) is 10.6. The summed E-state index contributed by atoms with van der Waals surface area (Å²) in [6.07, 6.45) is -3.51. The highest BCUT2D eigenvalue weighted by atomic mass is 32.2. The summed E-state index contributed by atoms with van der Waals surface area (Å²) in [6.45, 7) is 1.44. The molecule has 14 heteroatoms. The van der Waals surface area contributed by atoms with Gasteiger partial charge in [0, 0.05) is 6.20 Å². The van der Waals surface area contributed by atoms with Gasteiger partial charge in [-0.05, 0) is 61.0 Å². The van der Waals surface area contributed by atoms with Crippen molar-refractivity contribution in [2.75, 3.05) is 9.44 Å². The van der Waals surface area contributed by atoms with E-state index >= 15 is 0 Å². The van der Waals surface area contributed by atoms with Gasteiger partial charge < -0.3 is 9.84 Å². The summed E-state index contributed by atoms with van der Waals surface area (Å²) in [5.74, 6) is -0.888. The summed E-state index contributed by atoms with van der Waals surface area (Å²) in [7, 11) is -4.00. The Hall–Kier alpha value is -4.46. The maximum Gasteiger partial charge on any atom is 0.573 e. The lowest BCUT2D eigenvalue weighted by molar-refractivity contribution is -0.274. The lowest BCUT2D eigenvalue weighted by Crippen LogP contribution is -2.25. The van der Waals surface area contributed by atoms with Gasteiger partial charge in [-0.15, -0.1) is 13.2 Å². The van der Waals surface area contributed by atoms with Gasteiger partial charge in [-0.2, -0.15) is 8.42 Å². The lowest BCUT2D eigenvalue weighted by atomic mass is 10.2. The van der Waals surface area contributed by atoms with Crippen LogP contribution in [0.5, 0.6) is 11.6 Å². The van der Waals surface area contributed by atoms with Crippen LogP contribution < -0.4 is 19.9 Å². The highest BCUT2D eigenvalue weighted by Crippen LogP contribution is 2.26. The quantitative estimate of drug-likeness (QED) is 0.315. The number of pyridine rings is 1. The second-order valence-electron chi connectivity index (χ2n) is 7.78. The van der Waals surface area contributed by atoms with Gasteiger partial charge in [0.15, 0.2) is 0 Å². The lowest BCUT2D eigenvalue weighted by Gasteiger charge is -2.11. The molecule has 0 saturated heterocycles. The van der Waals surface area contributed by atoms with Gasteiger partial charge >= 0.3 is 22.3 Å². The number of hydrogen-bond acceptors (Lipinski definition) is 6. The number of alkyl halides is 3. The third-order valence-electron chi connectivity index (χ3n) is 5.12. The normalized spacial score (nSPS) is 11.8. The van der Waals surface area contributed by atoms with Gasteiger partial charge in [0.05, 0.1) is 23.6 Å². The van der Waals surface area contributed by atoms with Crippen molar-refractivity contribution in [2.24, 2.45) is 0 Å². The maximum atomic E-state index is 13.1. The zero-order valence-electron chi connectivity index (χ0n) is 19.1. The van der Waals surface area contributed by atoms with E-state index in [4.69, 9.17) is 0 Å². The molecule has 3 N–H and O–H groups in total. The maximum absolute atomic E-state index is 13.1. The minimum absolute atomic E-state index is 0.00413. The Labute approximate surface area is 208 Å². The fraction of sp³-hybridized carbons (Fsp3) is 0.130. The van der Waals surface area contributed by atoms with E-state index in [9.17, 15) is 31.5 Å². The molecule has 0 fully saturated rings. The molecule has 4 aromatic rings. The number of hydrogen-bond donors (Lipinski definition) is 3. The Balaban J connectivity index is 1.56. The standard InChI is InChI=1S/C23H20F3N5O5S/c1-15-21(32)31(18-7-9-19(10-8-18)36-23(24,25)26)22(33)30(15)14-16-11-12-27-20(13-16)29-37(34,35)28-17-5-3-2-4-6-17/h2-13,28,32H,14H2,1H3,(H,27,29). The van der Waals surface area contributed by atoms with E-state index in [-0.39, 0.29) is 23.7 Å². The minimum Gasteiger partial charge on any atom is -0.493 e. The SMILES string of the molecule is Cc1c(O)n(-c2ccc(OC(F)(F)F)cc2)c(=O)n1Cc1ccnc(NS(=O)(=O)Nc2ccccc2)c1. The van der Waals surface area contributed by atoms with Crippen LogP contribution in [0, 0.1) is 6.92 Å². The van der Waals surface area contributed by atoms with E-state index in [2.05, 4.69) is 19.2 Å². The summed E-state index contributed by atoms with van der Waals surface area (Å²) >= 11 is 0. The Morgan fingerprint density at radius 2 is 1.70 bits per heavy atom. The van der Waals surface area contributed by atoms with Crippen LogP contribution in [0.1, 0.15) is 11.3 Å². The van der Waals surface area contributed by atoms with Crippen molar-refractivity contribution in [1.29, 1.82) is 0 Å². The highest BCUT2D eigenvalue weighted by molar-refractivity contribution is 7.94. The van der Waals surface area contributed by atoms with Crippen molar-refractivity contribution in [3.8, 4) is 17.3 Å². The number of anilines is 2. The summed E-state index contributed by atoms with van der Waals surface area (Å²) in [5.41, 5.74) is 0.482.